The second-order valence-corrected chi connectivity index (χ2v) is 15.2. The van der Waals surface area contributed by atoms with E-state index >= 15 is 0 Å². The van der Waals surface area contributed by atoms with Gasteiger partial charge in [-0.1, -0.05) is 73.4 Å². The topological polar surface area (TPSA) is 68.3 Å². The van der Waals surface area contributed by atoms with E-state index in [0.717, 1.165) is 67.6 Å². The summed E-state index contributed by atoms with van der Waals surface area (Å²) in [6.45, 7) is 8.27. The number of amides is 1. The standard InChI is InChI=1S/C39H44Cl2N2O5/c1-23(2)22-43(35(45)19-26-10-12-29(40)30(41)18-26)31-13-11-28-32-20-27-33(47-24(3)44)21-34(46-4)37-36(27)39(28,38(31)48-37)15-17-42(32)16-14-25-8-6-5-7-9-25/h5-10,12,18,21,23,28,31-32,38H,11,13-17,19-20,22H2,1-4H3/t28-,31-,32+,38-,39-/m0/s1. The summed E-state index contributed by atoms with van der Waals surface area (Å²) in [5.41, 5.74) is 4.02. The highest BCUT2D eigenvalue weighted by Crippen LogP contribution is 2.66. The van der Waals surface area contributed by atoms with Crippen molar-refractivity contribution in [3.8, 4) is 17.2 Å². The van der Waals surface area contributed by atoms with E-state index in [1.807, 2.05) is 12.1 Å². The van der Waals surface area contributed by atoms with Crippen LogP contribution in [0, 0.1) is 11.8 Å². The van der Waals surface area contributed by atoms with Crippen LogP contribution in [-0.4, -0.2) is 66.6 Å². The Balaban J connectivity index is 1.29. The molecule has 2 heterocycles. The van der Waals surface area contributed by atoms with E-state index in [1.165, 1.54) is 12.5 Å². The molecule has 0 aromatic heterocycles. The van der Waals surface area contributed by atoms with Gasteiger partial charge in [0.25, 0.3) is 0 Å². The maximum atomic E-state index is 14.3. The molecule has 2 bridgehead atoms. The number of nitrogens with zero attached hydrogens (tertiary/aromatic N) is 2. The van der Waals surface area contributed by atoms with Crippen molar-refractivity contribution in [1.82, 2.24) is 9.80 Å². The highest BCUT2D eigenvalue weighted by atomic mass is 35.5. The molecule has 48 heavy (non-hydrogen) atoms. The molecule has 0 N–H and O–H groups in total. The van der Waals surface area contributed by atoms with Crippen LogP contribution in [0.1, 0.15) is 62.3 Å². The average molecular weight is 692 g/mol. The molecule has 4 aliphatic rings. The molecule has 1 saturated heterocycles. The number of carbonyl (C=O) groups is 2. The van der Waals surface area contributed by atoms with Gasteiger partial charge in [-0.2, -0.15) is 0 Å². The van der Waals surface area contributed by atoms with Gasteiger partial charge in [0.2, 0.25) is 5.91 Å². The summed E-state index contributed by atoms with van der Waals surface area (Å²) in [6, 6.07) is 18.0. The molecule has 3 aromatic rings. The first kappa shape index (κ1) is 33.2. The van der Waals surface area contributed by atoms with Crippen molar-refractivity contribution in [3.05, 3.63) is 86.9 Å². The van der Waals surface area contributed by atoms with Gasteiger partial charge in [0.1, 0.15) is 11.9 Å². The summed E-state index contributed by atoms with van der Waals surface area (Å²) in [7, 11) is 1.64. The lowest BCUT2D eigenvalue weighted by Gasteiger charge is -2.60. The zero-order chi connectivity index (χ0) is 33.7. The van der Waals surface area contributed by atoms with Crippen molar-refractivity contribution >= 4 is 35.1 Å². The molecule has 2 aliphatic carbocycles. The van der Waals surface area contributed by atoms with Gasteiger partial charge in [-0.05, 0) is 73.7 Å². The smallest absolute Gasteiger partial charge is 0.308 e. The van der Waals surface area contributed by atoms with Gasteiger partial charge in [0.15, 0.2) is 11.5 Å². The number of halogens is 2. The van der Waals surface area contributed by atoms with E-state index in [1.54, 1.807) is 19.2 Å². The van der Waals surface area contributed by atoms with Gasteiger partial charge < -0.3 is 19.1 Å². The lowest BCUT2D eigenvalue weighted by molar-refractivity contribution is -0.143. The summed E-state index contributed by atoms with van der Waals surface area (Å²) in [4.78, 5) is 31.4. The number of piperidine rings is 1. The van der Waals surface area contributed by atoms with Gasteiger partial charge in [0.05, 0.1) is 29.6 Å². The molecule has 254 valence electrons. The Morgan fingerprint density at radius 3 is 2.54 bits per heavy atom. The Kier molecular flexibility index (Phi) is 9.16. The monoisotopic (exact) mass is 690 g/mol. The number of hydrogen-bond acceptors (Lipinski definition) is 6. The number of carbonyl (C=O) groups excluding carboxylic acids is 2. The molecular formula is C39H44Cl2N2O5. The van der Waals surface area contributed by atoms with Crippen molar-refractivity contribution in [2.75, 3.05) is 26.7 Å². The second-order valence-electron chi connectivity index (χ2n) is 14.3. The van der Waals surface area contributed by atoms with E-state index in [2.05, 4.69) is 54.0 Å². The lowest BCUT2D eigenvalue weighted by atomic mass is 9.50. The van der Waals surface area contributed by atoms with Gasteiger partial charge >= 0.3 is 5.97 Å². The van der Waals surface area contributed by atoms with Crippen molar-refractivity contribution in [1.29, 1.82) is 0 Å². The fourth-order valence-electron chi connectivity index (χ4n) is 9.29. The first-order chi connectivity index (χ1) is 23.1. The first-order valence-corrected chi connectivity index (χ1v) is 18.0. The molecule has 1 amide bonds. The van der Waals surface area contributed by atoms with Crippen LogP contribution in [0.2, 0.25) is 10.0 Å². The normalized spacial score (nSPS) is 25.3. The molecular weight excluding hydrogens is 647 g/mol. The van der Waals surface area contributed by atoms with Crippen molar-refractivity contribution in [2.45, 2.75) is 82.9 Å². The molecule has 0 radical (unpaired) electrons. The Bertz CT molecular complexity index is 1710. The van der Waals surface area contributed by atoms with Gasteiger partial charge in [-0.15, -0.1) is 0 Å². The third-order valence-corrected chi connectivity index (χ3v) is 11.8. The van der Waals surface area contributed by atoms with Crippen LogP contribution < -0.4 is 14.2 Å². The summed E-state index contributed by atoms with van der Waals surface area (Å²) < 4.78 is 18.9. The predicted molar refractivity (Wildman–Crippen MR) is 187 cm³/mol. The highest BCUT2D eigenvalue weighted by Gasteiger charge is 2.67. The maximum Gasteiger partial charge on any atom is 0.308 e. The van der Waals surface area contributed by atoms with E-state index in [9.17, 15) is 9.59 Å². The maximum absolute atomic E-state index is 14.3. The molecule has 1 spiro atoms. The molecule has 7 nitrogen and oxygen atoms in total. The van der Waals surface area contributed by atoms with Gasteiger partial charge in [0, 0.05) is 48.7 Å². The number of benzene rings is 3. The Morgan fingerprint density at radius 1 is 1.04 bits per heavy atom. The van der Waals surface area contributed by atoms with Crippen LogP contribution in [0.15, 0.2) is 54.6 Å². The van der Waals surface area contributed by atoms with Crippen molar-refractivity contribution in [2.24, 2.45) is 11.8 Å². The zero-order valence-electron chi connectivity index (χ0n) is 28.1. The van der Waals surface area contributed by atoms with Crippen molar-refractivity contribution < 1.29 is 23.8 Å². The van der Waals surface area contributed by atoms with Crippen LogP contribution in [0.5, 0.6) is 17.2 Å². The van der Waals surface area contributed by atoms with Gasteiger partial charge in [-0.25, -0.2) is 0 Å². The van der Waals surface area contributed by atoms with Crippen LogP contribution in [0.25, 0.3) is 0 Å². The average Bonchev–Trinajstić information content (AvgIpc) is 3.40. The Labute approximate surface area is 293 Å². The van der Waals surface area contributed by atoms with Crippen LogP contribution in [0.4, 0.5) is 0 Å². The summed E-state index contributed by atoms with van der Waals surface area (Å²) in [6.07, 6.45) is 4.46. The second kappa shape index (κ2) is 13.2. The highest BCUT2D eigenvalue weighted by molar-refractivity contribution is 6.42. The lowest BCUT2D eigenvalue weighted by Crippen LogP contribution is -2.69. The molecule has 9 heteroatoms. The molecule has 1 saturated carbocycles. The fraction of sp³-hybridized carbons (Fsp3) is 0.487. The number of esters is 1. The number of methoxy groups -OCH3 is 1. The minimum absolute atomic E-state index is 0.0574. The molecule has 2 aliphatic heterocycles. The zero-order valence-corrected chi connectivity index (χ0v) is 29.7. The SMILES string of the molecule is COc1cc(OC(C)=O)c2c3c1O[C@H]1[C@@H](N(CC(C)C)C(=O)Cc4ccc(Cl)c(Cl)c4)CC[C@H]4[C@@H](C2)N(CCc2ccccc2)CC[C@@]341. The summed E-state index contributed by atoms with van der Waals surface area (Å²) in [5.74, 6) is 2.19. The molecule has 0 unspecified atom stereocenters. The summed E-state index contributed by atoms with van der Waals surface area (Å²) in [5, 5.41) is 0.920. The number of rotatable bonds is 10. The van der Waals surface area contributed by atoms with Crippen LogP contribution in [-0.2, 0) is 34.3 Å². The van der Waals surface area contributed by atoms with E-state index < -0.39 is 0 Å². The Morgan fingerprint density at radius 2 is 1.83 bits per heavy atom. The third kappa shape index (κ3) is 5.76. The van der Waals surface area contributed by atoms with E-state index in [4.69, 9.17) is 37.4 Å². The molecule has 2 fully saturated rings. The van der Waals surface area contributed by atoms with Crippen molar-refractivity contribution in [3.63, 3.8) is 0 Å². The van der Waals surface area contributed by atoms with E-state index in [0.29, 0.717) is 34.0 Å². The molecule has 7 rings (SSSR count). The fourth-order valence-corrected chi connectivity index (χ4v) is 9.61. The minimum Gasteiger partial charge on any atom is -0.493 e. The summed E-state index contributed by atoms with van der Waals surface area (Å²) >= 11 is 12.5. The van der Waals surface area contributed by atoms with Crippen LogP contribution >= 0.6 is 23.2 Å². The van der Waals surface area contributed by atoms with Gasteiger partial charge in [-0.3, -0.25) is 14.5 Å². The number of hydrogen-bond donors (Lipinski definition) is 0. The Hall–Kier alpha value is -3.26. The quantitative estimate of drug-likeness (QED) is 0.164. The number of ether oxygens (including phenoxy) is 3. The number of likely N-dealkylation sites (tertiary alicyclic amines) is 1. The third-order valence-electron chi connectivity index (χ3n) is 11.1. The molecule has 3 aromatic carbocycles. The largest absolute Gasteiger partial charge is 0.493 e. The predicted octanol–water partition coefficient (Wildman–Crippen LogP) is 7.31. The van der Waals surface area contributed by atoms with Crippen LogP contribution in [0.3, 0.4) is 0 Å². The molecule has 5 atom stereocenters. The minimum atomic E-state index is -0.355. The van der Waals surface area contributed by atoms with E-state index in [-0.39, 0.29) is 47.8 Å². The first-order valence-electron chi connectivity index (χ1n) is 17.2.